The fourth-order valence-electron chi connectivity index (χ4n) is 3.29. The minimum atomic E-state index is -0.419. The van der Waals surface area contributed by atoms with Crippen molar-refractivity contribution >= 4 is 17.5 Å². The van der Waals surface area contributed by atoms with Crippen molar-refractivity contribution in [3.63, 3.8) is 0 Å². The minimum Gasteiger partial charge on any atom is -0.491 e. The second-order valence-electron chi connectivity index (χ2n) is 6.61. The Morgan fingerprint density at radius 2 is 1.92 bits per heavy atom. The molecule has 138 valence electrons. The molecule has 4 nitrogen and oxygen atoms in total. The van der Waals surface area contributed by atoms with E-state index in [4.69, 9.17) is 21.1 Å². The molecule has 2 aromatic rings. The van der Waals surface area contributed by atoms with Gasteiger partial charge in [0.1, 0.15) is 12.4 Å². The van der Waals surface area contributed by atoms with E-state index in [1.54, 1.807) is 7.11 Å². The van der Waals surface area contributed by atoms with Gasteiger partial charge in [0.2, 0.25) is 5.91 Å². The zero-order valence-corrected chi connectivity index (χ0v) is 15.7. The number of nitrogens with one attached hydrogen (secondary N) is 1. The molecule has 0 spiro atoms. The second kappa shape index (κ2) is 8.56. The molecule has 1 aliphatic carbocycles. The number of carbonyl (C=O) groups is 1. The Labute approximate surface area is 159 Å². The topological polar surface area (TPSA) is 47.6 Å². The van der Waals surface area contributed by atoms with Gasteiger partial charge in [0.05, 0.1) is 12.0 Å². The first-order valence-electron chi connectivity index (χ1n) is 8.89. The average molecular weight is 374 g/mol. The summed E-state index contributed by atoms with van der Waals surface area (Å²) in [5, 5.41) is 3.79. The first-order chi connectivity index (χ1) is 12.6. The lowest BCUT2D eigenvalue weighted by Crippen LogP contribution is -2.48. The number of rotatable bonds is 8. The normalized spacial score (nSPS) is 15.2. The van der Waals surface area contributed by atoms with Crippen molar-refractivity contribution in [1.82, 2.24) is 5.32 Å². The van der Waals surface area contributed by atoms with Crippen LogP contribution in [0.25, 0.3) is 0 Å². The zero-order valence-electron chi connectivity index (χ0n) is 15.0. The molecule has 0 aliphatic heterocycles. The summed E-state index contributed by atoms with van der Waals surface area (Å²) in [5.41, 5.74) is 1.64. The van der Waals surface area contributed by atoms with E-state index in [0.717, 1.165) is 36.1 Å². The molecule has 3 rings (SSSR count). The molecule has 26 heavy (non-hydrogen) atoms. The van der Waals surface area contributed by atoms with Crippen LogP contribution >= 0.6 is 11.6 Å². The van der Waals surface area contributed by atoms with E-state index in [1.165, 1.54) is 0 Å². The molecule has 0 atom stereocenters. The van der Waals surface area contributed by atoms with Gasteiger partial charge in [0.15, 0.2) is 0 Å². The second-order valence-corrected chi connectivity index (χ2v) is 7.05. The van der Waals surface area contributed by atoms with Crippen molar-refractivity contribution in [3.8, 4) is 5.75 Å². The summed E-state index contributed by atoms with van der Waals surface area (Å²) in [5.74, 6) is 0.863. The molecule has 5 heteroatoms. The number of hydrogen-bond donors (Lipinski definition) is 1. The standard InChI is InChI=1S/C21H24ClNO3/c1-25-12-13-26-19-5-2-4-16(14-19)15-23-20(24)21(10-3-11-21)17-6-8-18(22)9-7-17/h2,4-9,14H,3,10-13,15H2,1H3,(H,23,24). The molecule has 1 N–H and O–H groups in total. The van der Waals surface area contributed by atoms with Gasteiger partial charge in [-0.1, -0.05) is 42.3 Å². The smallest absolute Gasteiger partial charge is 0.230 e. The Morgan fingerprint density at radius 1 is 1.15 bits per heavy atom. The molecule has 1 saturated carbocycles. The van der Waals surface area contributed by atoms with Gasteiger partial charge < -0.3 is 14.8 Å². The van der Waals surface area contributed by atoms with Gasteiger partial charge >= 0.3 is 0 Å². The number of carbonyl (C=O) groups excluding carboxylic acids is 1. The van der Waals surface area contributed by atoms with Gasteiger partial charge in [-0.05, 0) is 48.2 Å². The lowest BCUT2D eigenvalue weighted by Gasteiger charge is -2.40. The largest absolute Gasteiger partial charge is 0.491 e. The van der Waals surface area contributed by atoms with Gasteiger partial charge in [-0.3, -0.25) is 4.79 Å². The molecule has 1 fully saturated rings. The van der Waals surface area contributed by atoms with E-state index in [-0.39, 0.29) is 5.91 Å². The summed E-state index contributed by atoms with van der Waals surface area (Å²) in [6, 6.07) is 15.4. The van der Waals surface area contributed by atoms with Crippen LogP contribution in [0, 0.1) is 0 Å². The fraction of sp³-hybridized carbons (Fsp3) is 0.381. The molecule has 1 aliphatic rings. The maximum absolute atomic E-state index is 12.9. The molecule has 0 heterocycles. The van der Waals surface area contributed by atoms with Crippen LogP contribution in [0.1, 0.15) is 30.4 Å². The van der Waals surface area contributed by atoms with E-state index in [1.807, 2.05) is 48.5 Å². The van der Waals surface area contributed by atoms with Crippen molar-refractivity contribution in [1.29, 1.82) is 0 Å². The number of halogens is 1. The highest BCUT2D eigenvalue weighted by molar-refractivity contribution is 6.30. The van der Waals surface area contributed by atoms with Crippen LogP contribution in [-0.4, -0.2) is 26.2 Å². The summed E-state index contributed by atoms with van der Waals surface area (Å²) >= 11 is 5.98. The third kappa shape index (κ3) is 4.19. The van der Waals surface area contributed by atoms with Gasteiger partial charge in [-0.15, -0.1) is 0 Å². The summed E-state index contributed by atoms with van der Waals surface area (Å²) in [4.78, 5) is 12.9. The predicted octanol–water partition coefficient (Wildman–Crippen LogP) is 4.10. The Kier molecular flexibility index (Phi) is 6.17. The Balaban J connectivity index is 1.62. The van der Waals surface area contributed by atoms with Crippen molar-refractivity contribution in [3.05, 3.63) is 64.7 Å². The number of amides is 1. The van der Waals surface area contributed by atoms with E-state index in [9.17, 15) is 4.79 Å². The first-order valence-corrected chi connectivity index (χ1v) is 9.27. The molecular formula is C21H24ClNO3. The molecule has 0 radical (unpaired) electrons. The Bertz CT molecular complexity index is 741. The third-order valence-electron chi connectivity index (χ3n) is 4.95. The van der Waals surface area contributed by atoms with Crippen molar-refractivity contribution in [2.24, 2.45) is 0 Å². The third-order valence-corrected chi connectivity index (χ3v) is 5.20. The highest BCUT2D eigenvalue weighted by atomic mass is 35.5. The molecule has 0 aromatic heterocycles. The monoisotopic (exact) mass is 373 g/mol. The predicted molar refractivity (Wildman–Crippen MR) is 103 cm³/mol. The van der Waals surface area contributed by atoms with Gasteiger partial charge in [-0.2, -0.15) is 0 Å². The van der Waals surface area contributed by atoms with E-state index < -0.39 is 5.41 Å². The summed E-state index contributed by atoms with van der Waals surface area (Å²) in [6.07, 6.45) is 2.82. The zero-order chi connectivity index (χ0) is 18.4. The molecule has 0 unspecified atom stereocenters. The lowest BCUT2D eigenvalue weighted by atomic mass is 9.64. The number of benzene rings is 2. The SMILES string of the molecule is COCCOc1cccc(CNC(=O)C2(c3ccc(Cl)cc3)CCC2)c1. The van der Waals surface area contributed by atoms with E-state index in [2.05, 4.69) is 5.32 Å². The van der Waals surface area contributed by atoms with Crippen molar-refractivity contribution in [2.75, 3.05) is 20.3 Å². The summed E-state index contributed by atoms with van der Waals surface area (Å²) in [7, 11) is 1.65. The lowest BCUT2D eigenvalue weighted by molar-refractivity contribution is -0.130. The highest BCUT2D eigenvalue weighted by Gasteiger charge is 2.45. The number of methoxy groups -OCH3 is 1. The summed E-state index contributed by atoms with van der Waals surface area (Å²) < 4.78 is 10.6. The molecule has 1 amide bonds. The minimum absolute atomic E-state index is 0.0803. The molecule has 0 bridgehead atoms. The average Bonchev–Trinajstić information content (AvgIpc) is 2.61. The quantitative estimate of drug-likeness (QED) is 0.708. The van der Waals surface area contributed by atoms with Crippen LogP contribution in [0.4, 0.5) is 0 Å². The van der Waals surface area contributed by atoms with Crippen LogP contribution in [0.3, 0.4) is 0 Å². The van der Waals surface area contributed by atoms with Gasteiger partial charge in [-0.25, -0.2) is 0 Å². The van der Waals surface area contributed by atoms with Crippen LogP contribution in [0.15, 0.2) is 48.5 Å². The molecule has 2 aromatic carbocycles. The first kappa shape index (κ1) is 18.7. The van der Waals surface area contributed by atoms with Crippen molar-refractivity contribution in [2.45, 2.75) is 31.2 Å². The summed E-state index contributed by atoms with van der Waals surface area (Å²) in [6.45, 7) is 1.53. The van der Waals surface area contributed by atoms with E-state index in [0.29, 0.717) is 24.8 Å². The van der Waals surface area contributed by atoms with Crippen LogP contribution in [0.5, 0.6) is 5.75 Å². The van der Waals surface area contributed by atoms with Crippen LogP contribution < -0.4 is 10.1 Å². The van der Waals surface area contributed by atoms with Crippen LogP contribution in [0.2, 0.25) is 5.02 Å². The van der Waals surface area contributed by atoms with Crippen molar-refractivity contribution < 1.29 is 14.3 Å². The maximum Gasteiger partial charge on any atom is 0.230 e. The molecule has 0 saturated heterocycles. The fourth-order valence-corrected chi connectivity index (χ4v) is 3.41. The molecular weight excluding hydrogens is 350 g/mol. The van der Waals surface area contributed by atoms with E-state index >= 15 is 0 Å². The number of ether oxygens (including phenoxy) is 2. The Morgan fingerprint density at radius 3 is 2.58 bits per heavy atom. The number of hydrogen-bond acceptors (Lipinski definition) is 3. The van der Waals surface area contributed by atoms with Crippen LogP contribution in [-0.2, 0) is 21.5 Å². The Hall–Kier alpha value is -2.04. The maximum atomic E-state index is 12.9. The van der Waals surface area contributed by atoms with Gasteiger partial charge in [0, 0.05) is 18.7 Å². The highest BCUT2D eigenvalue weighted by Crippen LogP contribution is 2.44. The van der Waals surface area contributed by atoms with Gasteiger partial charge in [0.25, 0.3) is 0 Å².